The molecule has 0 bridgehead atoms. The molecule has 8 heteroatoms. The number of hydrogen-bond donors (Lipinski definition) is 2. The first kappa shape index (κ1) is 12.1. The second-order valence-corrected chi connectivity index (χ2v) is 5.22. The summed E-state index contributed by atoms with van der Waals surface area (Å²) < 4.78 is 27.4. The quantitative estimate of drug-likeness (QED) is 0.447. The topological polar surface area (TPSA) is 98.5 Å². The second-order valence-electron chi connectivity index (χ2n) is 2.69. The maximum absolute atomic E-state index is 11.5. The van der Waals surface area contributed by atoms with Crippen molar-refractivity contribution in [3.8, 4) is 0 Å². The number of sulfonamides is 1. The van der Waals surface area contributed by atoms with E-state index in [1.165, 1.54) is 7.11 Å². The van der Waals surface area contributed by atoms with Gasteiger partial charge in [0.05, 0.1) is 7.11 Å². The SMILES string of the molecule is COC(=O)c1scc(C)c1S(=O)(=O)NN. The lowest BCUT2D eigenvalue weighted by Crippen LogP contribution is -2.31. The first-order chi connectivity index (χ1) is 6.94. The molecule has 0 saturated heterocycles. The van der Waals surface area contributed by atoms with E-state index in [0.717, 1.165) is 11.3 Å². The number of carbonyl (C=O) groups is 1. The van der Waals surface area contributed by atoms with Crippen molar-refractivity contribution in [2.75, 3.05) is 7.11 Å². The number of rotatable bonds is 3. The van der Waals surface area contributed by atoms with E-state index in [-0.39, 0.29) is 9.77 Å². The molecule has 0 saturated carbocycles. The smallest absolute Gasteiger partial charge is 0.349 e. The van der Waals surface area contributed by atoms with Gasteiger partial charge in [-0.15, -0.1) is 16.2 Å². The summed E-state index contributed by atoms with van der Waals surface area (Å²) in [5.74, 6) is 4.20. The first-order valence-electron chi connectivity index (χ1n) is 3.83. The standard InChI is InChI=1S/C7H10N2O4S2/c1-4-3-14-5(7(10)13-2)6(4)15(11,12)9-8/h3,9H,8H2,1-2H3. The third kappa shape index (κ3) is 2.17. The molecular weight excluding hydrogens is 240 g/mol. The molecule has 6 nitrogen and oxygen atoms in total. The van der Waals surface area contributed by atoms with Crippen LogP contribution in [0.2, 0.25) is 0 Å². The fourth-order valence-corrected chi connectivity index (χ4v) is 3.40. The first-order valence-corrected chi connectivity index (χ1v) is 6.19. The number of methoxy groups -OCH3 is 1. The molecule has 3 N–H and O–H groups in total. The van der Waals surface area contributed by atoms with Gasteiger partial charge in [-0.3, -0.25) is 5.84 Å². The number of carbonyl (C=O) groups excluding carboxylic acids is 1. The Labute approximate surface area is 91.1 Å². The lowest BCUT2D eigenvalue weighted by molar-refractivity contribution is 0.0602. The number of nitrogens with two attached hydrogens (primary N) is 1. The van der Waals surface area contributed by atoms with E-state index in [2.05, 4.69) is 4.74 Å². The van der Waals surface area contributed by atoms with Gasteiger partial charge in [0.15, 0.2) is 0 Å². The molecule has 84 valence electrons. The largest absolute Gasteiger partial charge is 0.465 e. The highest BCUT2D eigenvalue weighted by atomic mass is 32.2. The molecular formula is C7H10N2O4S2. The van der Waals surface area contributed by atoms with Crippen LogP contribution in [0.25, 0.3) is 0 Å². The maximum Gasteiger partial charge on any atom is 0.349 e. The van der Waals surface area contributed by atoms with Gasteiger partial charge in [0.1, 0.15) is 9.77 Å². The van der Waals surface area contributed by atoms with Crippen LogP contribution in [0.4, 0.5) is 0 Å². The van der Waals surface area contributed by atoms with Gasteiger partial charge < -0.3 is 4.74 Å². The monoisotopic (exact) mass is 250 g/mol. The van der Waals surface area contributed by atoms with E-state index in [0.29, 0.717) is 5.56 Å². The minimum absolute atomic E-state index is 0.0213. The Kier molecular flexibility index (Phi) is 3.45. The lowest BCUT2D eigenvalue weighted by Gasteiger charge is -2.04. The van der Waals surface area contributed by atoms with Crippen molar-refractivity contribution in [3.05, 3.63) is 15.8 Å². The zero-order valence-electron chi connectivity index (χ0n) is 8.10. The predicted molar refractivity (Wildman–Crippen MR) is 54.9 cm³/mol. The summed E-state index contributed by atoms with van der Waals surface area (Å²) in [7, 11) is -2.65. The highest BCUT2D eigenvalue weighted by Gasteiger charge is 2.26. The number of thiophene rings is 1. The van der Waals surface area contributed by atoms with Gasteiger partial charge in [0.25, 0.3) is 10.0 Å². The Morgan fingerprint density at radius 2 is 2.20 bits per heavy atom. The van der Waals surface area contributed by atoms with Crippen LogP contribution in [0.1, 0.15) is 15.2 Å². The Hall–Kier alpha value is -0.960. The highest BCUT2D eigenvalue weighted by Crippen LogP contribution is 2.26. The zero-order valence-corrected chi connectivity index (χ0v) is 9.74. The number of hydrazine groups is 1. The average Bonchev–Trinajstić information content (AvgIpc) is 2.59. The van der Waals surface area contributed by atoms with E-state index < -0.39 is 16.0 Å². The minimum atomic E-state index is -3.83. The number of esters is 1. The number of nitrogens with one attached hydrogen (secondary N) is 1. The van der Waals surface area contributed by atoms with Crippen molar-refractivity contribution in [2.45, 2.75) is 11.8 Å². The molecule has 1 aromatic heterocycles. The van der Waals surface area contributed by atoms with Gasteiger partial charge in [-0.05, 0) is 17.9 Å². The summed E-state index contributed by atoms with van der Waals surface area (Å²) in [6.07, 6.45) is 0. The average molecular weight is 250 g/mol. The van der Waals surface area contributed by atoms with Crippen molar-refractivity contribution in [1.82, 2.24) is 4.83 Å². The molecule has 0 spiro atoms. The van der Waals surface area contributed by atoms with E-state index >= 15 is 0 Å². The Balaban J connectivity index is 3.41. The summed E-state index contributed by atoms with van der Waals surface area (Å²) in [5, 5.41) is 1.55. The molecule has 0 aliphatic carbocycles. The van der Waals surface area contributed by atoms with Gasteiger partial charge in [0, 0.05) is 0 Å². The third-order valence-corrected chi connectivity index (χ3v) is 4.29. The van der Waals surface area contributed by atoms with Crippen LogP contribution in [0, 0.1) is 6.92 Å². The van der Waals surface area contributed by atoms with Gasteiger partial charge in [-0.2, -0.15) is 0 Å². The van der Waals surface area contributed by atoms with Crippen LogP contribution in [0.15, 0.2) is 10.3 Å². The van der Waals surface area contributed by atoms with Gasteiger partial charge >= 0.3 is 5.97 Å². The van der Waals surface area contributed by atoms with Crippen molar-refractivity contribution >= 4 is 27.3 Å². The van der Waals surface area contributed by atoms with Gasteiger partial charge in [-0.1, -0.05) is 0 Å². The zero-order chi connectivity index (χ0) is 11.6. The van der Waals surface area contributed by atoms with E-state index in [1.807, 2.05) is 0 Å². The Bertz CT molecular complexity index is 477. The summed E-state index contributed by atoms with van der Waals surface area (Å²) in [5.41, 5.74) is 0.457. The second kappa shape index (κ2) is 4.27. The summed E-state index contributed by atoms with van der Waals surface area (Å²) >= 11 is 1.00. The summed E-state index contributed by atoms with van der Waals surface area (Å²) in [6, 6.07) is 0. The molecule has 0 aliphatic heterocycles. The molecule has 15 heavy (non-hydrogen) atoms. The van der Waals surface area contributed by atoms with Gasteiger partial charge in [-0.25, -0.2) is 13.2 Å². The van der Waals surface area contributed by atoms with E-state index in [9.17, 15) is 13.2 Å². The highest BCUT2D eigenvalue weighted by molar-refractivity contribution is 7.89. The molecule has 0 radical (unpaired) electrons. The molecule has 0 aromatic carbocycles. The fraction of sp³-hybridized carbons (Fsp3) is 0.286. The molecule has 0 aliphatic rings. The van der Waals surface area contributed by atoms with Crippen LogP contribution in [-0.2, 0) is 14.8 Å². The maximum atomic E-state index is 11.5. The molecule has 1 rings (SSSR count). The van der Waals surface area contributed by atoms with Crippen LogP contribution >= 0.6 is 11.3 Å². The Morgan fingerprint density at radius 3 is 2.67 bits per heavy atom. The van der Waals surface area contributed by atoms with Crippen LogP contribution < -0.4 is 10.7 Å². The van der Waals surface area contributed by atoms with Crippen LogP contribution in [0.5, 0.6) is 0 Å². The normalized spacial score (nSPS) is 11.4. The lowest BCUT2D eigenvalue weighted by atomic mass is 10.3. The van der Waals surface area contributed by atoms with Crippen LogP contribution in [0.3, 0.4) is 0 Å². The fourth-order valence-electron chi connectivity index (χ4n) is 1.06. The predicted octanol–water partition coefficient (Wildman–Crippen LogP) is -0.00488. The van der Waals surface area contributed by atoms with Crippen molar-refractivity contribution in [1.29, 1.82) is 0 Å². The van der Waals surface area contributed by atoms with Crippen molar-refractivity contribution in [2.24, 2.45) is 5.84 Å². The van der Waals surface area contributed by atoms with Gasteiger partial charge in [0.2, 0.25) is 0 Å². The number of hydrogen-bond acceptors (Lipinski definition) is 6. The minimum Gasteiger partial charge on any atom is -0.465 e. The summed E-state index contributed by atoms with van der Waals surface area (Å²) in [6.45, 7) is 1.58. The van der Waals surface area contributed by atoms with E-state index in [4.69, 9.17) is 5.84 Å². The summed E-state index contributed by atoms with van der Waals surface area (Å²) in [4.78, 5) is 12.8. The van der Waals surface area contributed by atoms with Crippen LogP contribution in [-0.4, -0.2) is 21.5 Å². The number of ether oxygens (including phenoxy) is 1. The molecule has 1 aromatic rings. The molecule has 0 atom stereocenters. The van der Waals surface area contributed by atoms with Crippen molar-refractivity contribution < 1.29 is 17.9 Å². The molecule has 0 fully saturated rings. The number of aryl methyl sites for hydroxylation is 1. The molecule has 1 heterocycles. The molecule has 0 unspecified atom stereocenters. The molecule has 0 amide bonds. The Morgan fingerprint density at radius 1 is 1.60 bits per heavy atom. The third-order valence-electron chi connectivity index (χ3n) is 1.71. The van der Waals surface area contributed by atoms with Crippen molar-refractivity contribution in [3.63, 3.8) is 0 Å². The van der Waals surface area contributed by atoms with E-state index in [1.54, 1.807) is 17.1 Å².